The second-order valence-electron chi connectivity index (χ2n) is 5.17. The molecule has 0 aromatic heterocycles. The lowest BCUT2D eigenvalue weighted by atomic mass is 10.1. The summed E-state index contributed by atoms with van der Waals surface area (Å²) in [4.78, 5) is 2.05. The molecule has 0 bridgehead atoms. The summed E-state index contributed by atoms with van der Waals surface area (Å²) in [5.74, 6) is -0.180. The quantitative estimate of drug-likeness (QED) is 0.823. The molecule has 3 heteroatoms. The number of nitrogens with two attached hydrogens (primary N) is 1. The number of hydrogen-bond acceptors (Lipinski definition) is 2. The molecule has 0 radical (unpaired) electrons. The van der Waals surface area contributed by atoms with E-state index >= 15 is 0 Å². The summed E-state index contributed by atoms with van der Waals surface area (Å²) in [5, 5.41) is 0. The zero-order valence-electron chi connectivity index (χ0n) is 12.6. The Balaban J connectivity index is 2.32. The second-order valence-corrected chi connectivity index (χ2v) is 5.17. The van der Waals surface area contributed by atoms with Crippen LogP contribution in [0.1, 0.15) is 25.3 Å². The second kappa shape index (κ2) is 7.79. The van der Waals surface area contributed by atoms with Gasteiger partial charge < -0.3 is 10.6 Å². The zero-order chi connectivity index (χ0) is 15.1. The van der Waals surface area contributed by atoms with Crippen LogP contribution in [-0.4, -0.2) is 13.1 Å². The molecular weight excluding hydrogens is 263 g/mol. The fourth-order valence-electron chi connectivity index (χ4n) is 2.40. The van der Waals surface area contributed by atoms with Crippen molar-refractivity contribution in [1.82, 2.24) is 0 Å². The van der Waals surface area contributed by atoms with Crippen LogP contribution in [-0.2, 0) is 6.42 Å². The van der Waals surface area contributed by atoms with Gasteiger partial charge in [-0.2, -0.15) is 0 Å². The summed E-state index contributed by atoms with van der Waals surface area (Å²) in [7, 11) is 0. The first-order valence-corrected chi connectivity index (χ1v) is 7.57. The maximum atomic E-state index is 14.5. The molecule has 0 spiro atoms. The number of para-hydroxylation sites is 1. The highest BCUT2D eigenvalue weighted by molar-refractivity contribution is 5.64. The van der Waals surface area contributed by atoms with Crippen LogP contribution in [0, 0.1) is 5.82 Å². The summed E-state index contributed by atoms with van der Waals surface area (Å²) < 4.78 is 14.5. The van der Waals surface area contributed by atoms with E-state index in [2.05, 4.69) is 6.92 Å². The third kappa shape index (κ3) is 4.05. The van der Waals surface area contributed by atoms with Crippen molar-refractivity contribution >= 4 is 11.4 Å². The molecule has 0 aliphatic carbocycles. The van der Waals surface area contributed by atoms with E-state index in [1.807, 2.05) is 47.4 Å². The Hall–Kier alpha value is -1.87. The monoisotopic (exact) mass is 286 g/mol. The fourth-order valence-corrected chi connectivity index (χ4v) is 2.40. The average Bonchev–Trinajstić information content (AvgIpc) is 2.51. The van der Waals surface area contributed by atoms with Gasteiger partial charge in [-0.1, -0.05) is 37.6 Å². The Morgan fingerprint density at radius 1 is 1.10 bits per heavy atom. The SMILES string of the molecule is CCCCN(c1ccccc1)c1ccc(CCN)cc1F. The van der Waals surface area contributed by atoms with Crippen LogP contribution in [0.15, 0.2) is 48.5 Å². The van der Waals surface area contributed by atoms with E-state index in [0.29, 0.717) is 18.7 Å². The summed E-state index contributed by atoms with van der Waals surface area (Å²) in [6, 6.07) is 15.4. The summed E-state index contributed by atoms with van der Waals surface area (Å²) in [6.07, 6.45) is 2.81. The van der Waals surface area contributed by atoms with E-state index in [1.54, 1.807) is 6.07 Å². The minimum Gasteiger partial charge on any atom is -0.339 e. The third-order valence-electron chi connectivity index (χ3n) is 3.54. The lowest BCUT2D eigenvalue weighted by Crippen LogP contribution is -2.19. The molecule has 0 saturated heterocycles. The van der Waals surface area contributed by atoms with E-state index in [4.69, 9.17) is 5.73 Å². The molecule has 2 aromatic rings. The van der Waals surface area contributed by atoms with Gasteiger partial charge in [0.15, 0.2) is 0 Å². The van der Waals surface area contributed by atoms with Gasteiger partial charge in [0.2, 0.25) is 0 Å². The van der Waals surface area contributed by atoms with Crippen LogP contribution < -0.4 is 10.6 Å². The number of benzene rings is 2. The van der Waals surface area contributed by atoms with Crippen molar-refractivity contribution in [2.75, 3.05) is 18.0 Å². The Kier molecular flexibility index (Phi) is 5.76. The molecular formula is C18H23FN2. The van der Waals surface area contributed by atoms with Crippen LogP contribution in [0.2, 0.25) is 0 Å². The van der Waals surface area contributed by atoms with Crippen molar-refractivity contribution in [2.24, 2.45) is 5.73 Å². The minimum atomic E-state index is -0.180. The van der Waals surface area contributed by atoms with Gasteiger partial charge in [-0.15, -0.1) is 0 Å². The molecule has 2 N–H and O–H groups in total. The molecule has 21 heavy (non-hydrogen) atoms. The molecule has 0 amide bonds. The molecule has 0 aliphatic rings. The predicted molar refractivity (Wildman–Crippen MR) is 87.5 cm³/mol. The molecule has 2 aromatic carbocycles. The van der Waals surface area contributed by atoms with Crippen molar-refractivity contribution in [3.8, 4) is 0 Å². The molecule has 0 aliphatic heterocycles. The number of halogens is 1. The molecule has 0 fully saturated rings. The summed E-state index contributed by atoms with van der Waals surface area (Å²) in [6.45, 7) is 3.49. The predicted octanol–water partition coefficient (Wildman–Crippen LogP) is 4.27. The van der Waals surface area contributed by atoms with Crippen molar-refractivity contribution in [1.29, 1.82) is 0 Å². The van der Waals surface area contributed by atoms with Gasteiger partial charge in [-0.3, -0.25) is 0 Å². The number of nitrogens with zero attached hydrogens (tertiary/aromatic N) is 1. The van der Waals surface area contributed by atoms with Crippen molar-refractivity contribution < 1.29 is 4.39 Å². The van der Waals surface area contributed by atoms with Gasteiger partial charge in [-0.05, 0) is 49.2 Å². The van der Waals surface area contributed by atoms with Crippen LogP contribution in [0.3, 0.4) is 0 Å². The lowest BCUT2D eigenvalue weighted by Gasteiger charge is -2.25. The molecule has 0 unspecified atom stereocenters. The average molecular weight is 286 g/mol. The van der Waals surface area contributed by atoms with Gasteiger partial charge in [0.1, 0.15) is 5.82 Å². The van der Waals surface area contributed by atoms with Crippen molar-refractivity contribution in [2.45, 2.75) is 26.2 Å². The van der Waals surface area contributed by atoms with E-state index in [1.165, 1.54) is 0 Å². The largest absolute Gasteiger partial charge is 0.339 e. The summed E-state index contributed by atoms with van der Waals surface area (Å²) >= 11 is 0. The first-order valence-electron chi connectivity index (χ1n) is 7.57. The van der Waals surface area contributed by atoms with E-state index in [9.17, 15) is 4.39 Å². The standard InChI is InChI=1S/C18H23FN2/c1-2-3-13-21(16-7-5-4-6-8-16)18-10-9-15(11-12-20)14-17(18)19/h4-10,14H,2-3,11-13,20H2,1H3. The molecule has 0 heterocycles. The fraction of sp³-hybridized carbons (Fsp3) is 0.333. The highest BCUT2D eigenvalue weighted by Crippen LogP contribution is 2.28. The molecule has 2 nitrogen and oxygen atoms in total. The van der Waals surface area contributed by atoms with Crippen LogP contribution in [0.4, 0.5) is 15.8 Å². The highest BCUT2D eigenvalue weighted by Gasteiger charge is 2.13. The first-order chi connectivity index (χ1) is 10.3. The maximum Gasteiger partial charge on any atom is 0.147 e. The normalized spacial score (nSPS) is 10.6. The Morgan fingerprint density at radius 2 is 1.86 bits per heavy atom. The first kappa shape index (κ1) is 15.5. The van der Waals surface area contributed by atoms with Crippen LogP contribution >= 0.6 is 0 Å². The van der Waals surface area contributed by atoms with Gasteiger partial charge in [0.25, 0.3) is 0 Å². The topological polar surface area (TPSA) is 29.3 Å². The van der Waals surface area contributed by atoms with Crippen molar-refractivity contribution in [3.05, 3.63) is 59.9 Å². The Morgan fingerprint density at radius 3 is 2.48 bits per heavy atom. The van der Waals surface area contributed by atoms with Gasteiger partial charge >= 0.3 is 0 Å². The van der Waals surface area contributed by atoms with Gasteiger partial charge in [0, 0.05) is 12.2 Å². The van der Waals surface area contributed by atoms with E-state index < -0.39 is 0 Å². The molecule has 112 valence electrons. The van der Waals surface area contributed by atoms with E-state index in [0.717, 1.165) is 30.6 Å². The molecule has 0 atom stereocenters. The van der Waals surface area contributed by atoms with Crippen molar-refractivity contribution in [3.63, 3.8) is 0 Å². The number of hydrogen-bond donors (Lipinski definition) is 1. The third-order valence-corrected chi connectivity index (χ3v) is 3.54. The highest BCUT2D eigenvalue weighted by atomic mass is 19.1. The van der Waals surface area contributed by atoms with Gasteiger partial charge in [0.05, 0.1) is 5.69 Å². The van der Waals surface area contributed by atoms with Crippen LogP contribution in [0.25, 0.3) is 0 Å². The van der Waals surface area contributed by atoms with E-state index in [-0.39, 0.29) is 5.82 Å². The molecule has 0 saturated carbocycles. The lowest BCUT2D eigenvalue weighted by molar-refractivity contribution is 0.620. The number of rotatable bonds is 7. The number of anilines is 2. The minimum absolute atomic E-state index is 0.180. The smallest absolute Gasteiger partial charge is 0.147 e. The Bertz CT molecular complexity index is 554. The number of unbranched alkanes of at least 4 members (excludes halogenated alkanes) is 1. The zero-order valence-corrected chi connectivity index (χ0v) is 12.6. The van der Waals surface area contributed by atoms with Gasteiger partial charge in [-0.25, -0.2) is 4.39 Å². The summed E-state index contributed by atoms with van der Waals surface area (Å²) in [5.41, 5.74) is 8.14. The maximum absolute atomic E-state index is 14.5. The van der Waals surface area contributed by atoms with Crippen LogP contribution in [0.5, 0.6) is 0 Å². The molecule has 2 rings (SSSR count). The Labute approximate surface area is 126 Å².